The summed E-state index contributed by atoms with van der Waals surface area (Å²) in [6, 6.07) is 3.73. The SMILES string of the molecule is [B]c1c(C)ccc2c1CCNC2=O. The lowest BCUT2D eigenvalue weighted by molar-refractivity contribution is 0.0946. The third-order valence-electron chi connectivity index (χ3n) is 2.48. The van der Waals surface area contributed by atoms with E-state index in [-0.39, 0.29) is 5.91 Å². The maximum Gasteiger partial charge on any atom is 0.251 e. The van der Waals surface area contributed by atoms with Crippen molar-refractivity contribution < 1.29 is 4.79 Å². The van der Waals surface area contributed by atoms with Crippen molar-refractivity contribution in [1.29, 1.82) is 0 Å². The van der Waals surface area contributed by atoms with Crippen molar-refractivity contribution in [3.05, 3.63) is 28.8 Å². The van der Waals surface area contributed by atoms with Gasteiger partial charge >= 0.3 is 0 Å². The number of aryl methyl sites for hydroxylation is 1. The van der Waals surface area contributed by atoms with Gasteiger partial charge in [0.1, 0.15) is 7.85 Å². The summed E-state index contributed by atoms with van der Waals surface area (Å²) in [6.07, 6.45) is 0.842. The zero-order valence-corrected chi connectivity index (χ0v) is 7.55. The standard InChI is InChI=1S/C10H10BNO/c1-6-2-3-8-7(9(6)11)4-5-12-10(8)13/h2-3H,4-5H2,1H3,(H,12,13). The normalized spacial score (nSPS) is 15.0. The molecular weight excluding hydrogens is 161 g/mol. The zero-order valence-electron chi connectivity index (χ0n) is 7.55. The van der Waals surface area contributed by atoms with Crippen molar-refractivity contribution in [1.82, 2.24) is 5.32 Å². The third-order valence-corrected chi connectivity index (χ3v) is 2.48. The number of rotatable bonds is 0. The molecule has 0 spiro atoms. The number of nitrogens with one attached hydrogen (secondary N) is 1. The quantitative estimate of drug-likeness (QED) is 0.550. The minimum Gasteiger partial charge on any atom is -0.352 e. The topological polar surface area (TPSA) is 29.1 Å². The van der Waals surface area contributed by atoms with Gasteiger partial charge in [0.05, 0.1) is 0 Å². The molecule has 0 aromatic heterocycles. The second-order valence-electron chi connectivity index (χ2n) is 3.33. The third kappa shape index (κ3) is 1.24. The summed E-state index contributed by atoms with van der Waals surface area (Å²) in [6.45, 7) is 2.65. The van der Waals surface area contributed by atoms with Crippen LogP contribution in [0.25, 0.3) is 0 Å². The van der Waals surface area contributed by atoms with Gasteiger partial charge in [0.2, 0.25) is 0 Å². The number of hydrogen-bond donors (Lipinski definition) is 1. The Bertz CT molecular complexity index is 373. The highest BCUT2D eigenvalue weighted by molar-refractivity contribution is 6.35. The Hall–Kier alpha value is -1.25. The van der Waals surface area contributed by atoms with Crippen LogP contribution in [-0.2, 0) is 6.42 Å². The van der Waals surface area contributed by atoms with Gasteiger partial charge in [-0.1, -0.05) is 17.1 Å². The van der Waals surface area contributed by atoms with Crippen molar-refractivity contribution in [2.24, 2.45) is 0 Å². The number of carbonyl (C=O) groups excluding carboxylic acids is 1. The van der Waals surface area contributed by atoms with Crippen LogP contribution in [0.3, 0.4) is 0 Å². The first-order chi connectivity index (χ1) is 6.20. The fourth-order valence-corrected chi connectivity index (χ4v) is 1.66. The summed E-state index contributed by atoms with van der Waals surface area (Å²) in [5.74, 6) is -0.00653. The van der Waals surface area contributed by atoms with Crippen LogP contribution in [0, 0.1) is 6.92 Å². The summed E-state index contributed by atoms with van der Waals surface area (Å²) in [5.41, 5.74) is 3.55. The largest absolute Gasteiger partial charge is 0.352 e. The van der Waals surface area contributed by atoms with Crippen molar-refractivity contribution >= 4 is 19.2 Å². The lowest BCUT2D eigenvalue weighted by Gasteiger charge is -2.19. The Morgan fingerprint density at radius 2 is 2.23 bits per heavy atom. The summed E-state index contributed by atoms with van der Waals surface area (Å²) < 4.78 is 0. The Morgan fingerprint density at radius 1 is 1.46 bits per heavy atom. The van der Waals surface area contributed by atoms with Gasteiger partial charge in [0.25, 0.3) is 5.91 Å². The molecule has 0 fully saturated rings. The van der Waals surface area contributed by atoms with Gasteiger partial charge in [0, 0.05) is 12.1 Å². The van der Waals surface area contributed by atoms with Crippen LogP contribution < -0.4 is 10.8 Å². The summed E-state index contributed by atoms with van der Waals surface area (Å²) in [7, 11) is 5.89. The number of fused-ring (bicyclic) bond motifs is 1. The van der Waals surface area contributed by atoms with Crippen molar-refractivity contribution in [2.45, 2.75) is 13.3 Å². The Labute approximate surface area is 78.7 Å². The molecule has 3 heteroatoms. The van der Waals surface area contributed by atoms with E-state index in [0.717, 1.165) is 28.6 Å². The summed E-state index contributed by atoms with van der Waals surface area (Å²) in [4.78, 5) is 11.4. The molecule has 0 bridgehead atoms. The number of carbonyl (C=O) groups is 1. The lowest BCUT2D eigenvalue weighted by Crippen LogP contribution is -2.35. The van der Waals surface area contributed by atoms with E-state index in [4.69, 9.17) is 7.85 Å². The molecule has 0 saturated carbocycles. The van der Waals surface area contributed by atoms with E-state index in [1.165, 1.54) is 0 Å². The molecule has 0 aliphatic carbocycles. The number of hydrogen-bond acceptors (Lipinski definition) is 1. The van der Waals surface area contributed by atoms with Crippen LogP contribution in [0.2, 0.25) is 0 Å². The van der Waals surface area contributed by atoms with Crippen LogP contribution in [0.15, 0.2) is 12.1 Å². The van der Waals surface area contributed by atoms with Gasteiger partial charge in [0.15, 0.2) is 0 Å². The fourth-order valence-electron chi connectivity index (χ4n) is 1.66. The second-order valence-corrected chi connectivity index (χ2v) is 3.33. The lowest BCUT2D eigenvalue weighted by atomic mass is 9.81. The van der Waals surface area contributed by atoms with Gasteiger partial charge in [-0.15, -0.1) is 0 Å². The Balaban J connectivity index is 2.63. The first kappa shape index (κ1) is 8.36. The highest BCUT2D eigenvalue weighted by Crippen LogP contribution is 2.12. The monoisotopic (exact) mass is 171 g/mol. The van der Waals surface area contributed by atoms with Gasteiger partial charge in [-0.25, -0.2) is 0 Å². The molecule has 13 heavy (non-hydrogen) atoms. The van der Waals surface area contributed by atoms with E-state index in [9.17, 15) is 4.79 Å². The minimum absolute atomic E-state index is 0.00653. The number of benzene rings is 1. The molecule has 1 aliphatic heterocycles. The predicted molar refractivity (Wildman–Crippen MR) is 52.6 cm³/mol. The molecule has 1 aromatic carbocycles. The van der Waals surface area contributed by atoms with Crippen LogP contribution in [0.5, 0.6) is 0 Å². The molecule has 1 aromatic rings. The predicted octanol–water partition coefficient (Wildman–Crippen LogP) is 0.0747. The van der Waals surface area contributed by atoms with E-state index in [0.29, 0.717) is 6.54 Å². The van der Waals surface area contributed by atoms with E-state index in [1.807, 2.05) is 19.1 Å². The maximum atomic E-state index is 11.4. The van der Waals surface area contributed by atoms with Crippen LogP contribution in [0.4, 0.5) is 0 Å². The molecule has 0 atom stereocenters. The minimum atomic E-state index is -0.00653. The maximum absolute atomic E-state index is 11.4. The highest BCUT2D eigenvalue weighted by atomic mass is 16.1. The van der Waals surface area contributed by atoms with Gasteiger partial charge in [-0.2, -0.15) is 0 Å². The van der Waals surface area contributed by atoms with Gasteiger partial charge in [-0.3, -0.25) is 4.79 Å². The molecule has 0 unspecified atom stereocenters. The van der Waals surface area contributed by atoms with Gasteiger partial charge in [-0.05, 0) is 25.0 Å². The van der Waals surface area contributed by atoms with E-state index in [2.05, 4.69) is 5.32 Å². The molecule has 2 rings (SSSR count). The molecular formula is C10H10BNO. The molecule has 1 heterocycles. The van der Waals surface area contributed by atoms with Crippen molar-refractivity contribution in [2.75, 3.05) is 6.54 Å². The van der Waals surface area contributed by atoms with Crippen LogP contribution in [-0.4, -0.2) is 20.3 Å². The van der Waals surface area contributed by atoms with Crippen LogP contribution in [0.1, 0.15) is 21.5 Å². The average Bonchev–Trinajstić information content (AvgIpc) is 2.12. The molecule has 2 nitrogen and oxygen atoms in total. The van der Waals surface area contributed by atoms with E-state index >= 15 is 0 Å². The number of amides is 1. The molecule has 1 N–H and O–H groups in total. The Kier molecular flexibility index (Phi) is 1.87. The Morgan fingerprint density at radius 3 is 3.00 bits per heavy atom. The zero-order chi connectivity index (χ0) is 9.42. The van der Waals surface area contributed by atoms with E-state index < -0.39 is 0 Å². The molecule has 1 aliphatic rings. The van der Waals surface area contributed by atoms with Crippen LogP contribution >= 0.6 is 0 Å². The van der Waals surface area contributed by atoms with E-state index in [1.54, 1.807) is 0 Å². The first-order valence-electron chi connectivity index (χ1n) is 4.36. The molecule has 64 valence electrons. The average molecular weight is 171 g/mol. The molecule has 2 radical (unpaired) electrons. The molecule has 1 amide bonds. The fraction of sp³-hybridized carbons (Fsp3) is 0.300. The smallest absolute Gasteiger partial charge is 0.251 e. The van der Waals surface area contributed by atoms with Crippen molar-refractivity contribution in [3.63, 3.8) is 0 Å². The van der Waals surface area contributed by atoms with Gasteiger partial charge < -0.3 is 5.32 Å². The van der Waals surface area contributed by atoms with Crippen molar-refractivity contribution in [3.8, 4) is 0 Å². The summed E-state index contributed by atoms with van der Waals surface area (Å²) in [5, 5.41) is 2.79. The highest BCUT2D eigenvalue weighted by Gasteiger charge is 2.17. The molecule has 0 saturated heterocycles. The second kappa shape index (κ2) is 2.91. The first-order valence-corrected chi connectivity index (χ1v) is 4.36. The summed E-state index contributed by atoms with van der Waals surface area (Å²) >= 11 is 0.